The van der Waals surface area contributed by atoms with E-state index < -0.39 is 6.04 Å². The van der Waals surface area contributed by atoms with Gasteiger partial charge in [0.1, 0.15) is 10.8 Å². The summed E-state index contributed by atoms with van der Waals surface area (Å²) in [5, 5.41) is 11.1. The van der Waals surface area contributed by atoms with E-state index in [0.717, 1.165) is 27.0 Å². The third kappa shape index (κ3) is 5.20. The molecule has 0 spiro atoms. The van der Waals surface area contributed by atoms with Crippen molar-refractivity contribution in [3.05, 3.63) is 46.7 Å². The Balaban J connectivity index is 1.31. The largest absolute Gasteiger partial charge is 0.497 e. The number of nitrogens with one attached hydrogen (secondary N) is 2. The Morgan fingerprint density at radius 3 is 3.10 bits per heavy atom. The molecule has 2 aromatic heterocycles. The predicted molar refractivity (Wildman–Crippen MR) is 117 cm³/mol. The maximum absolute atomic E-state index is 12.5. The fourth-order valence-corrected chi connectivity index (χ4v) is 4.46. The minimum atomic E-state index is -0.495. The number of nitrogens with zero attached hydrogens (tertiary/aromatic N) is 4. The van der Waals surface area contributed by atoms with Crippen molar-refractivity contribution in [3.63, 3.8) is 0 Å². The summed E-state index contributed by atoms with van der Waals surface area (Å²) >= 11 is 1.53. The van der Waals surface area contributed by atoms with Gasteiger partial charge in [-0.25, -0.2) is 9.50 Å². The number of imidazole rings is 1. The number of amides is 2. The molecule has 2 amide bonds. The van der Waals surface area contributed by atoms with Gasteiger partial charge in [0.15, 0.2) is 0 Å². The lowest BCUT2D eigenvalue weighted by atomic mass is 10.1. The van der Waals surface area contributed by atoms with Crippen molar-refractivity contribution in [1.82, 2.24) is 30.1 Å². The van der Waals surface area contributed by atoms with Crippen LogP contribution in [0.1, 0.15) is 22.7 Å². The quantitative estimate of drug-likeness (QED) is 0.543. The van der Waals surface area contributed by atoms with E-state index in [9.17, 15) is 9.59 Å². The monoisotopic (exact) mass is 442 g/mol. The number of methoxy groups -OCH3 is 1. The van der Waals surface area contributed by atoms with Crippen LogP contribution in [0.25, 0.3) is 4.96 Å². The van der Waals surface area contributed by atoms with E-state index in [1.54, 1.807) is 11.6 Å². The number of fused-ring (bicyclic) bond motifs is 1. The standard InChI is InChI=1S/C21H26N6O3S/c1-14-25-27-13-16(24-21(27)31-14)6-7-22-19(28)11-18-20(29)23-8-9-26(18)12-15-4-3-5-17(10-15)30-2/h3-5,10,13,18H,6-9,11-12H2,1-2H3,(H,22,28)(H,23,29)/t18-/m1/s1. The molecule has 4 rings (SSSR count). The summed E-state index contributed by atoms with van der Waals surface area (Å²) in [6, 6.07) is 7.27. The van der Waals surface area contributed by atoms with Crippen molar-refractivity contribution < 1.29 is 14.3 Å². The van der Waals surface area contributed by atoms with Crippen LogP contribution in [0.3, 0.4) is 0 Å². The summed E-state index contributed by atoms with van der Waals surface area (Å²) in [6.45, 7) is 4.26. The Morgan fingerprint density at radius 1 is 1.42 bits per heavy atom. The molecule has 2 N–H and O–H groups in total. The second-order valence-electron chi connectivity index (χ2n) is 7.51. The number of ether oxygens (including phenoxy) is 1. The van der Waals surface area contributed by atoms with Crippen LogP contribution in [0.5, 0.6) is 5.75 Å². The van der Waals surface area contributed by atoms with Crippen molar-refractivity contribution in [3.8, 4) is 5.75 Å². The van der Waals surface area contributed by atoms with E-state index in [4.69, 9.17) is 4.74 Å². The zero-order valence-electron chi connectivity index (χ0n) is 17.6. The summed E-state index contributed by atoms with van der Waals surface area (Å²) in [5.41, 5.74) is 1.93. The molecule has 3 aromatic rings. The average molecular weight is 443 g/mol. The lowest BCUT2D eigenvalue weighted by Crippen LogP contribution is -2.56. The molecule has 0 aliphatic carbocycles. The molecule has 3 heterocycles. The molecular formula is C21H26N6O3S. The number of hydrogen-bond acceptors (Lipinski definition) is 7. The fraction of sp³-hybridized carbons (Fsp3) is 0.429. The van der Waals surface area contributed by atoms with Crippen molar-refractivity contribution >= 4 is 28.1 Å². The first-order valence-electron chi connectivity index (χ1n) is 10.2. The molecule has 9 nitrogen and oxygen atoms in total. The molecule has 1 aromatic carbocycles. The van der Waals surface area contributed by atoms with E-state index >= 15 is 0 Å². The highest BCUT2D eigenvalue weighted by Gasteiger charge is 2.31. The molecule has 10 heteroatoms. The van der Waals surface area contributed by atoms with E-state index in [1.165, 1.54) is 11.3 Å². The molecule has 1 fully saturated rings. The van der Waals surface area contributed by atoms with E-state index in [1.807, 2.05) is 42.3 Å². The summed E-state index contributed by atoms with van der Waals surface area (Å²) < 4.78 is 7.05. The molecule has 0 radical (unpaired) electrons. The molecule has 31 heavy (non-hydrogen) atoms. The zero-order chi connectivity index (χ0) is 21.8. The van der Waals surface area contributed by atoms with Crippen LogP contribution in [0, 0.1) is 6.92 Å². The normalized spacial score (nSPS) is 17.0. The molecule has 1 atom stereocenters. The van der Waals surface area contributed by atoms with Gasteiger partial charge in [-0.05, 0) is 24.6 Å². The average Bonchev–Trinajstić information content (AvgIpc) is 3.27. The van der Waals surface area contributed by atoms with Gasteiger partial charge in [-0.2, -0.15) is 5.10 Å². The first-order valence-corrected chi connectivity index (χ1v) is 11.1. The van der Waals surface area contributed by atoms with E-state index in [-0.39, 0.29) is 18.2 Å². The van der Waals surface area contributed by atoms with Gasteiger partial charge in [0.25, 0.3) is 0 Å². The highest BCUT2D eigenvalue weighted by atomic mass is 32.1. The Kier molecular flexibility index (Phi) is 6.47. The maximum atomic E-state index is 12.5. The molecule has 0 bridgehead atoms. The third-order valence-electron chi connectivity index (χ3n) is 5.24. The zero-order valence-corrected chi connectivity index (χ0v) is 18.4. The Hall–Kier alpha value is -2.98. The molecule has 164 valence electrons. The second-order valence-corrected chi connectivity index (χ2v) is 8.67. The van der Waals surface area contributed by atoms with E-state index in [2.05, 4.69) is 20.7 Å². The van der Waals surface area contributed by atoms with Crippen LogP contribution in [0.2, 0.25) is 0 Å². The first kappa shape index (κ1) is 21.3. The smallest absolute Gasteiger partial charge is 0.237 e. The number of rotatable bonds is 8. The van der Waals surface area contributed by atoms with Crippen molar-refractivity contribution in [2.24, 2.45) is 0 Å². The number of carbonyl (C=O) groups excluding carboxylic acids is 2. The number of hydrogen-bond donors (Lipinski definition) is 2. The van der Waals surface area contributed by atoms with Crippen molar-refractivity contribution in [2.75, 3.05) is 26.7 Å². The minimum absolute atomic E-state index is 0.111. The molecule has 1 saturated heterocycles. The van der Waals surface area contributed by atoms with Gasteiger partial charge in [-0.3, -0.25) is 14.5 Å². The number of aryl methyl sites for hydroxylation is 1. The molecule has 1 aliphatic heterocycles. The summed E-state index contributed by atoms with van der Waals surface area (Å²) in [4.78, 5) is 32.4. The van der Waals surface area contributed by atoms with Gasteiger partial charge in [0.2, 0.25) is 16.8 Å². The minimum Gasteiger partial charge on any atom is -0.497 e. The second kappa shape index (κ2) is 9.44. The number of carbonyl (C=O) groups is 2. The maximum Gasteiger partial charge on any atom is 0.237 e. The molecule has 0 saturated carbocycles. The van der Waals surface area contributed by atoms with E-state index in [0.29, 0.717) is 32.6 Å². The molecule has 0 unspecified atom stereocenters. The van der Waals surface area contributed by atoms with Crippen LogP contribution < -0.4 is 15.4 Å². The van der Waals surface area contributed by atoms with Gasteiger partial charge in [0.05, 0.1) is 31.5 Å². The van der Waals surface area contributed by atoms with Crippen LogP contribution in [-0.2, 0) is 22.6 Å². The van der Waals surface area contributed by atoms with Gasteiger partial charge in [-0.15, -0.1) is 0 Å². The van der Waals surface area contributed by atoms with Gasteiger partial charge >= 0.3 is 0 Å². The fourth-order valence-electron chi connectivity index (χ4n) is 3.72. The predicted octanol–water partition coefficient (Wildman–Crippen LogP) is 1.16. The Bertz CT molecular complexity index is 1050. The van der Waals surface area contributed by atoms with Gasteiger partial charge in [-0.1, -0.05) is 23.5 Å². The Morgan fingerprint density at radius 2 is 2.29 bits per heavy atom. The number of benzene rings is 1. The number of piperazine rings is 1. The molecular weight excluding hydrogens is 416 g/mol. The topological polar surface area (TPSA) is 101 Å². The van der Waals surface area contributed by atoms with Gasteiger partial charge in [0, 0.05) is 32.6 Å². The van der Waals surface area contributed by atoms with Crippen LogP contribution >= 0.6 is 11.3 Å². The lowest BCUT2D eigenvalue weighted by Gasteiger charge is -2.34. The SMILES string of the molecule is COc1cccc(CN2CCNC(=O)[C@H]2CC(=O)NCCc2cn3nc(C)sc3n2)c1. The highest BCUT2D eigenvalue weighted by molar-refractivity contribution is 7.16. The number of aromatic nitrogens is 3. The third-order valence-corrected chi connectivity index (χ3v) is 6.08. The van der Waals surface area contributed by atoms with Crippen LogP contribution in [-0.4, -0.2) is 64.1 Å². The molecule has 1 aliphatic rings. The first-order chi connectivity index (χ1) is 15.0. The lowest BCUT2D eigenvalue weighted by molar-refractivity contribution is -0.134. The van der Waals surface area contributed by atoms with Crippen molar-refractivity contribution in [2.45, 2.75) is 32.4 Å². The van der Waals surface area contributed by atoms with Crippen LogP contribution in [0.4, 0.5) is 0 Å². The van der Waals surface area contributed by atoms with Crippen LogP contribution in [0.15, 0.2) is 30.5 Å². The highest BCUT2D eigenvalue weighted by Crippen LogP contribution is 2.18. The Labute approximate surface area is 184 Å². The van der Waals surface area contributed by atoms with Crippen molar-refractivity contribution in [1.29, 1.82) is 0 Å². The summed E-state index contributed by atoms with van der Waals surface area (Å²) in [7, 11) is 1.63. The summed E-state index contributed by atoms with van der Waals surface area (Å²) in [6.07, 6.45) is 2.62. The van der Waals surface area contributed by atoms with Gasteiger partial charge < -0.3 is 15.4 Å². The summed E-state index contributed by atoms with van der Waals surface area (Å²) in [5.74, 6) is 0.519.